The smallest absolute Gasteiger partial charge is 0.264 e. The second kappa shape index (κ2) is 7.00. The Labute approximate surface area is 133 Å². The molecule has 0 bridgehead atoms. The van der Waals surface area contributed by atoms with Crippen LogP contribution in [0.4, 0.5) is 4.39 Å². The summed E-state index contributed by atoms with van der Waals surface area (Å²) < 4.78 is 29.7. The molecule has 0 unspecified atom stereocenters. The summed E-state index contributed by atoms with van der Waals surface area (Å²) in [7, 11) is 0. The van der Waals surface area contributed by atoms with Crippen molar-refractivity contribution in [1.82, 2.24) is 5.32 Å². The lowest BCUT2D eigenvalue weighted by atomic mass is 10.2. The van der Waals surface area contributed by atoms with Crippen LogP contribution in [0.25, 0.3) is 0 Å². The van der Waals surface area contributed by atoms with Gasteiger partial charge in [-0.3, -0.25) is 4.79 Å². The normalized spacial score (nSPS) is 15.8. The second-order valence-electron chi connectivity index (χ2n) is 4.93. The number of benzene rings is 2. The Morgan fingerprint density at radius 1 is 1.17 bits per heavy atom. The highest BCUT2D eigenvalue weighted by Crippen LogP contribution is 2.30. The van der Waals surface area contributed by atoms with Crippen molar-refractivity contribution in [2.75, 3.05) is 19.8 Å². The molecular weight excluding hydrogens is 301 g/mol. The maximum atomic E-state index is 13.4. The zero-order valence-electron chi connectivity index (χ0n) is 12.3. The molecule has 0 fully saturated rings. The molecule has 3 rings (SSSR count). The number of hydrogen-bond acceptors (Lipinski definition) is 4. The molecule has 1 heterocycles. The fourth-order valence-electron chi connectivity index (χ4n) is 2.16. The van der Waals surface area contributed by atoms with Crippen LogP contribution < -0.4 is 19.5 Å². The average Bonchev–Trinajstić information content (AvgIpc) is 2.59. The minimum absolute atomic E-state index is 0.150. The van der Waals surface area contributed by atoms with E-state index >= 15 is 0 Å². The summed E-state index contributed by atoms with van der Waals surface area (Å²) in [5.41, 5.74) is 0. The number of rotatable bonds is 5. The van der Waals surface area contributed by atoms with Crippen LogP contribution in [0.1, 0.15) is 0 Å². The molecule has 0 saturated heterocycles. The quantitative estimate of drug-likeness (QED) is 0.859. The zero-order valence-corrected chi connectivity index (χ0v) is 12.3. The van der Waals surface area contributed by atoms with Crippen molar-refractivity contribution in [2.45, 2.75) is 6.10 Å². The fraction of sp³-hybridized carbons (Fsp3) is 0.235. The number of amides is 1. The molecule has 1 atom stereocenters. The monoisotopic (exact) mass is 317 g/mol. The summed E-state index contributed by atoms with van der Waals surface area (Å²) in [6.45, 7) is 0.558. The third-order valence-corrected chi connectivity index (χ3v) is 3.30. The Bertz CT molecular complexity index is 692. The van der Waals surface area contributed by atoms with Gasteiger partial charge in [0, 0.05) is 0 Å². The molecule has 1 amide bonds. The molecular formula is C17H16FNO4. The number of fused-ring (bicyclic) bond motifs is 1. The Morgan fingerprint density at radius 3 is 2.74 bits per heavy atom. The second-order valence-corrected chi connectivity index (χ2v) is 4.93. The molecule has 1 N–H and O–H groups in total. The topological polar surface area (TPSA) is 56.8 Å². The van der Waals surface area contributed by atoms with Gasteiger partial charge in [-0.1, -0.05) is 24.3 Å². The molecule has 0 spiro atoms. The van der Waals surface area contributed by atoms with E-state index in [4.69, 9.17) is 14.2 Å². The minimum Gasteiger partial charge on any atom is -0.489 e. The van der Waals surface area contributed by atoms with Gasteiger partial charge in [-0.15, -0.1) is 0 Å². The number of nitrogens with one attached hydrogen (secondary N) is 1. The van der Waals surface area contributed by atoms with E-state index in [2.05, 4.69) is 5.32 Å². The van der Waals surface area contributed by atoms with Crippen LogP contribution in [0.15, 0.2) is 48.5 Å². The third kappa shape index (κ3) is 3.71. The lowest BCUT2D eigenvalue weighted by Gasteiger charge is -2.25. The number of ether oxygens (including phenoxy) is 3. The Morgan fingerprint density at radius 2 is 1.91 bits per heavy atom. The van der Waals surface area contributed by atoms with Crippen molar-refractivity contribution < 1.29 is 23.4 Å². The summed E-state index contributed by atoms with van der Waals surface area (Å²) in [4.78, 5) is 12.0. The fourth-order valence-corrected chi connectivity index (χ4v) is 2.16. The summed E-state index contributed by atoms with van der Waals surface area (Å²) in [6.07, 6.45) is -0.710. The first-order chi connectivity index (χ1) is 11.2. The van der Waals surface area contributed by atoms with E-state index in [-0.39, 0.29) is 31.4 Å². The highest BCUT2D eigenvalue weighted by molar-refractivity contribution is 5.81. The van der Waals surface area contributed by atoms with Gasteiger partial charge in [0.2, 0.25) is 6.10 Å². The van der Waals surface area contributed by atoms with Crippen molar-refractivity contribution in [3.05, 3.63) is 54.3 Å². The van der Waals surface area contributed by atoms with E-state index < -0.39 is 11.9 Å². The van der Waals surface area contributed by atoms with Crippen molar-refractivity contribution in [3.63, 3.8) is 0 Å². The first kappa shape index (κ1) is 15.1. The standard InChI is InChI=1S/C17H16FNO4/c18-12-5-1-2-6-13(12)21-10-9-19-17(20)16-11-22-14-7-3-4-8-15(14)23-16/h1-8,16H,9-11H2,(H,19,20)/t16-/m1/s1. The number of para-hydroxylation sites is 3. The van der Waals surface area contributed by atoms with Gasteiger partial charge in [-0.25, -0.2) is 4.39 Å². The van der Waals surface area contributed by atoms with Gasteiger partial charge in [0.15, 0.2) is 23.1 Å². The molecule has 120 valence electrons. The van der Waals surface area contributed by atoms with Crippen LogP contribution in [-0.4, -0.2) is 31.8 Å². The van der Waals surface area contributed by atoms with Crippen molar-refractivity contribution in [1.29, 1.82) is 0 Å². The number of hydrogen-bond donors (Lipinski definition) is 1. The van der Waals surface area contributed by atoms with Gasteiger partial charge in [-0.05, 0) is 24.3 Å². The Hall–Kier alpha value is -2.76. The summed E-state index contributed by atoms with van der Waals surface area (Å²) in [5, 5.41) is 2.68. The number of carbonyl (C=O) groups excluding carboxylic acids is 1. The lowest BCUT2D eigenvalue weighted by Crippen LogP contribution is -2.45. The van der Waals surface area contributed by atoms with E-state index in [0.717, 1.165) is 0 Å². The van der Waals surface area contributed by atoms with Gasteiger partial charge in [0.05, 0.1) is 6.54 Å². The Kier molecular flexibility index (Phi) is 4.61. The van der Waals surface area contributed by atoms with Gasteiger partial charge >= 0.3 is 0 Å². The van der Waals surface area contributed by atoms with Crippen LogP contribution in [0.5, 0.6) is 17.2 Å². The largest absolute Gasteiger partial charge is 0.489 e. The molecule has 0 saturated carbocycles. The van der Waals surface area contributed by atoms with Crippen molar-refractivity contribution >= 4 is 5.91 Å². The van der Waals surface area contributed by atoms with Gasteiger partial charge in [-0.2, -0.15) is 0 Å². The molecule has 23 heavy (non-hydrogen) atoms. The third-order valence-electron chi connectivity index (χ3n) is 3.30. The van der Waals surface area contributed by atoms with Gasteiger partial charge in [0.25, 0.3) is 5.91 Å². The highest BCUT2D eigenvalue weighted by Gasteiger charge is 2.26. The van der Waals surface area contributed by atoms with Gasteiger partial charge < -0.3 is 19.5 Å². The number of halogens is 1. The molecule has 0 aliphatic carbocycles. The van der Waals surface area contributed by atoms with E-state index in [9.17, 15) is 9.18 Å². The number of carbonyl (C=O) groups is 1. The molecule has 1 aliphatic heterocycles. The summed E-state index contributed by atoms with van der Waals surface area (Å²) in [5.74, 6) is 0.602. The molecule has 2 aromatic carbocycles. The first-order valence-corrected chi connectivity index (χ1v) is 7.27. The molecule has 1 aliphatic rings. The summed E-state index contributed by atoms with van der Waals surface area (Å²) in [6, 6.07) is 13.3. The molecule has 6 heteroatoms. The van der Waals surface area contributed by atoms with Crippen LogP contribution in [0, 0.1) is 5.82 Å². The average molecular weight is 317 g/mol. The van der Waals surface area contributed by atoms with Gasteiger partial charge in [0.1, 0.15) is 13.2 Å². The van der Waals surface area contributed by atoms with E-state index in [1.54, 1.807) is 24.3 Å². The van der Waals surface area contributed by atoms with Crippen molar-refractivity contribution in [3.8, 4) is 17.2 Å². The maximum Gasteiger partial charge on any atom is 0.264 e. The molecule has 0 radical (unpaired) electrons. The minimum atomic E-state index is -0.710. The zero-order chi connectivity index (χ0) is 16.1. The van der Waals surface area contributed by atoms with E-state index in [1.165, 1.54) is 12.1 Å². The summed E-state index contributed by atoms with van der Waals surface area (Å²) >= 11 is 0. The molecule has 2 aromatic rings. The first-order valence-electron chi connectivity index (χ1n) is 7.27. The van der Waals surface area contributed by atoms with E-state index in [1.807, 2.05) is 12.1 Å². The Balaban J connectivity index is 1.45. The predicted molar refractivity (Wildman–Crippen MR) is 81.3 cm³/mol. The lowest BCUT2D eigenvalue weighted by molar-refractivity contribution is -0.130. The predicted octanol–water partition coefficient (Wildman–Crippen LogP) is 2.16. The van der Waals surface area contributed by atoms with Crippen LogP contribution in [-0.2, 0) is 4.79 Å². The van der Waals surface area contributed by atoms with Crippen LogP contribution in [0.3, 0.4) is 0 Å². The van der Waals surface area contributed by atoms with Crippen LogP contribution >= 0.6 is 0 Å². The van der Waals surface area contributed by atoms with Crippen LogP contribution in [0.2, 0.25) is 0 Å². The molecule has 0 aromatic heterocycles. The van der Waals surface area contributed by atoms with E-state index in [0.29, 0.717) is 11.5 Å². The SMILES string of the molecule is O=C(NCCOc1ccccc1F)[C@H]1COc2ccccc2O1. The maximum absolute atomic E-state index is 13.4. The van der Waals surface area contributed by atoms with Crippen molar-refractivity contribution in [2.24, 2.45) is 0 Å². The molecule has 5 nitrogen and oxygen atoms in total. The highest BCUT2D eigenvalue weighted by atomic mass is 19.1.